The van der Waals surface area contributed by atoms with Gasteiger partial charge in [-0.15, -0.1) is 12.4 Å². The molecule has 3 aromatic carbocycles. The van der Waals surface area contributed by atoms with Gasteiger partial charge in [-0.1, -0.05) is 42.5 Å². The molecule has 0 aliphatic heterocycles. The predicted molar refractivity (Wildman–Crippen MR) is 139 cm³/mol. The molecule has 4 N–H and O–H groups in total. The van der Waals surface area contributed by atoms with E-state index in [9.17, 15) is 14.4 Å². The Hall–Kier alpha value is -3.33. The second-order valence-corrected chi connectivity index (χ2v) is 7.67. The summed E-state index contributed by atoms with van der Waals surface area (Å²) < 4.78 is 5.13. The Balaban J connectivity index is 0.00000408. The lowest BCUT2D eigenvalue weighted by molar-refractivity contribution is -0.117. The minimum Gasteiger partial charge on any atom is -0.497 e. The number of hydrogen-bond acceptors (Lipinski definition) is 6. The number of nitrogens with one attached hydrogen (secondary N) is 2. The summed E-state index contributed by atoms with van der Waals surface area (Å²) in [4.78, 5) is 38.0. The number of hydrogen-bond donors (Lipinski definition) is 4. The first-order valence-corrected chi connectivity index (χ1v) is 10.9. The molecule has 0 heterocycles. The Morgan fingerprint density at radius 3 is 2.26 bits per heavy atom. The average Bonchev–Trinajstić information content (AvgIpc) is 2.84. The number of benzene rings is 3. The third kappa shape index (κ3) is 7.08. The number of ether oxygens (including phenoxy) is 1. The number of rotatable bonds is 9. The fourth-order valence-electron chi connectivity index (χ4n) is 3.10. The highest BCUT2D eigenvalue weighted by molar-refractivity contribution is 7.80. The molecule has 7 nitrogen and oxygen atoms in total. The van der Waals surface area contributed by atoms with Crippen LogP contribution in [-0.4, -0.2) is 36.5 Å². The quantitative estimate of drug-likeness (QED) is 0.265. The number of carbonyl (C=O) groups excluding carboxylic acids is 3. The lowest BCUT2D eigenvalue weighted by Crippen LogP contribution is -2.37. The maximum Gasteiger partial charge on any atom is 0.242 e. The average molecular weight is 500 g/mol. The van der Waals surface area contributed by atoms with Crippen LogP contribution in [0.2, 0.25) is 0 Å². The SMILES string of the molecule is COc1ccc(CC(=O)Nc2ccc(NC(=O)[C@@H](N)CS)cc2C(=O)c2ccccc2)cc1.Cl. The Morgan fingerprint density at radius 2 is 1.65 bits per heavy atom. The van der Waals surface area contributed by atoms with Crippen LogP contribution in [0.25, 0.3) is 0 Å². The van der Waals surface area contributed by atoms with Crippen LogP contribution in [0.5, 0.6) is 5.75 Å². The Kier molecular flexibility index (Phi) is 10.1. The zero-order valence-electron chi connectivity index (χ0n) is 18.5. The first-order chi connectivity index (χ1) is 15.9. The van der Waals surface area contributed by atoms with Gasteiger partial charge in [-0.05, 0) is 35.9 Å². The van der Waals surface area contributed by atoms with Crippen molar-refractivity contribution >= 4 is 54.0 Å². The van der Waals surface area contributed by atoms with E-state index in [0.29, 0.717) is 22.7 Å². The van der Waals surface area contributed by atoms with Gasteiger partial charge in [0.05, 0.1) is 25.3 Å². The number of methoxy groups -OCH3 is 1. The van der Waals surface area contributed by atoms with Crippen molar-refractivity contribution in [2.75, 3.05) is 23.5 Å². The molecule has 0 saturated carbocycles. The van der Waals surface area contributed by atoms with E-state index in [-0.39, 0.29) is 41.8 Å². The molecule has 0 fully saturated rings. The van der Waals surface area contributed by atoms with Crippen molar-refractivity contribution in [1.82, 2.24) is 0 Å². The monoisotopic (exact) mass is 499 g/mol. The summed E-state index contributed by atoms with van der Waals surface area (Å²) in [5.74, 6) is -0.105. The topological polar surface area (TPSA) is 111 Å². The first kappa shape index (κ1) is 26.9. The molecule has 3 rings (SSSR count). The number of halogens is 1. The van der Waals surface area contributed by atoms with Crippen LogP contribution >= 0.6 is 25.0 Å². The van der Waals surface area contributed by atoms with E-state index in [0.717, 1.165) is 5.56 Å². The third-order valence-corrected chi connectivity index (χ3v) is 5.29. The van der Waals surface area contributed by atoms with Crippen LogP contribution in [0.15, 0.2) is 72.8 Å². The third-order valence-electron chi connectivity index (χ3n) is 4.90. The number of nitrogens with two attached hydrogens (primary N) is 1. The zero-order chi connectivity index (χ0) is 23.8. The molecule has 0 bridgehead atoms. The normalized spacial score (nSPS) is 11.0. The minimum atomic E-state index is -0.787. The summed E-state index contributed by atoms with van der Waals surface area (Å²) in [6.07, 6.45) is 0.123. The van der Waals surface area contributed by atoms with Crippen molar-refractivity contribution in [2.45, 2.75) is 12.5 Å². The standard InChI is InChI=1S/C25H25N3O4S.ClH/c1-32-19-10-7-16(8-11-19)13-23(29)28-22-12-9-18(27-25(31)21(26)15-33)14-20(22)24(30)17-5-3-2-4-6-17;/h2-12,14,21,33H,13,15,26H2,1H3,(H,27,31)(H,28,29);1H/t21-;/m0./s1. The zero-order valence-corrected chi connectivity index (χ0v) is 20.2. The molecular formula is C25H26ClN3O4S. The van der Waals surface area contributed by atoms with E-state index in [4.69, 9.17) is 10.5 Å². The highest BCUT2D eigenvalue weighted by atomic mass is 35.5. The number of carbonyl (C=O) groups is 3. The highest BCUT2D eigenvalue weighted by Gasteiger charge is 2.18. The molecule has 0 spiro atoms. The first-order valence-electron chi connectivity index (χ1n) is 10.2. The Bertz CT molecular complexity index is 1140. The van der Waals surface area contributed by atoms with Gasteiger partial charge in [-0.2, -0.15) is 12.6 Å². The van der Waals surface area contributed by atoms with Gasteiger partial charge in [0.2, 0.25) is 11.8 Å². The van der Waals surface area contributed by atoms with Gasteiger partial charge >= 0.3 is 0 Å². The molecule has 0 radical (unpaired) electrons. The maximum atomic E-state index is 13.2. The second-order valence-electron chi connectivity index (χ2n) is 7.31. The van der Waals surface area contributed by atoms with Crippen LogP contribution in [0.3, 0.4) is 0 Å². The van der Waals surface area contributed by atoms with Crippen LogP contribution < -0.4 is 21.1 Å². The highest BCUT2D eigenvalue weighted by Crippen LogP contribution is 2.24. The second kappa shape index (κ2) is 12.8. The van der Waals surface area contributed by atoms with E-state index < -0.39 is 11.9 Å². The van der Waals surface area contributed by atoms with Crippen molar-refractivity contribution < 1.29 is 19.1 Å². The molecule has 0 aromatic heterocycles. The van der Waals surface area contributed by atoms with Crippen LogP contribution in [0.1, 0.15) is 21.5 Å². The van der Waals surface area contributed by atoms with Crippen LogP contribution in [0, 0.1) is 0 Å². The van der Waals surface area contributed by atoms with E-state index in [1.165, 1.54) is 6.07 Å². The van der Waals surface area contributed by atoms with Crippen molar-refractivity contribution in [1.29, 1.82) is 0 Å². The maximum absolute atomic E-state index is 13.2. The molecule has 178 valence electrons. The van der Waals surface area contributed by atoms with Crippen molar-refractivity contribution in [3.63, 3.8) is 0 Å². The molecule has 34 heavy (non-hydrogen) atoms. The molecule has 9 heteroatoms. The molecule has 0 unspecified atom stereocenters. The lowest BCUT2D eigenvalue weighted by atomic mass is 10.0. The summed E-state index contributed by atoms with van der Waals surface area (Å²) in [6, 6.07) is 19.8. The molecule has 0 aliphatic rings. The summed E-state index contributed by atoms with van der Waals surface area (Å²) in [5, 5.41) is 5.49. The smallest absolute Gasteiger partial charge is 0.242 e. The summed E-state index contributed by atoms with van der Waals surface area (Å²) in [6.45, 7) is 0. The van der Waals surface area contributed by atoms with E-state index >= 15 is 0 Å². The Labute approximate surface area is 209 Å². The predicted octanol–water partition coefficient (Wildman–Crippen LogP) is 3.72. The Morgan fingerprint density at radius 1 is 0.971 bits per heavy atom. The molecule has 0 saturated heterocycles. The summed E-state index contributed by atoms with van der Waals surface area (Å²) >= 11 is 4.03. The summed E-state index contributed by atoms with van der Waals surface area (Å²) in [7, 11) is 1.57. The molecule has 0 aliphatic carbocycles. The molecule has 3 aromatic rings. The fraction of sp³-hybridized carbons (Fsp3) is 0.160. The lowest BCUT2D eigenvalue weighted by Gasteiger charge is -2.15. The van der Waals surface area contributed by atoms with Gasteiger partial charge < -0.3 is 21.1 Å². The summed E-state index contributed by atoms with van der Waals surface area (Å²) in [5.41, 5.74) is 7.97. The number of ketones is 1. The van der Waals surface area contributed by atoms with Crippen molar-refractivity contribution in [2.24, 2.45) is 5.73 Å². The number of thiol groups is 1. The molecular weight excluding hydrogens is 474 g/mol. The number of amides is 2. The molecule has 2 amide bonds. The van der Waals surface area contributed by atoms with Gasteiger partial charge in [0.1, 0.15) is 5.75 Å². The van der Waals surface area contributed by atoms with E-state index in [1.54, 1.807) is 67.8 Å². The largest absolute Gasteiger partial charge is 0.497 e. The van der Waals surface area contributed by atoms with Gasteiger partial charge in [-0.25, -0.2) is 0 Å². The van der Waals surface area contributed by atoms with Crippen LogP contribution in [-0.2, 0) is 16.0 Å². The van der Waals surface area contributed by atoms with Gasteiger partial charge in [0, 0.05) is 22.6 Å². The van der Waals surface area contributed by atoms with Crippen molar-refractivity contribution in [3.05, 3.63) is 89.5 Å². The molecule has 1 atom stereocenters. The van der Waals surface area contributed by atoms with Gasteiger partial charge in [0.15, 0.2) is 5.78 Å². The van der Waals surface area contributed by atoms with Gasteiger partial charge in [0.25, 0.3) is 0 Å². The van der Waals surface area contributed by atoms with Crippen molar-refractivity contribution in [3.8, 4) is 5.75 Å². The van der Waals surface area contributed by atoms with E-state index in [2.05, 4.69) is 23.3 Å². The van der Waals surface area contributed by atoms with Gasteiger partial charge in [-0.3, -0.25) is 14.4 Å². The number of anilines is 2. The van der Waals surface area contributed by atoms with E-state index in [1.807, 2.05) is 6.07 Å². The fourth-order valence-corrected chi connectivity index (χ4v) is 3.27. The van der Waals surface area contributed by atoms with Crippen LogP contribution in [0.4, 0.5) is 11.4 Å². The minimum absolute atomic E-state index is 0.